The summed E-state index contributed by atoms with van der Waals surface area (Å²) < 4.78 is 5.80. The molecule has 2 aliphatic heterocycles. The van der Waals surface area contributed by atoms with Gasteiger partial charge in [-0.05, 0) is 71.4 Å². The van der Waals surface area contributed by atoms with Crippen LogP contribution in [0.4, 0.5) is 5.69 Å². The number of benzene rings is 3. The van der Waals surface area contributed by atoms with Crippen molar-refractivity contribution in [2.24, 2.45) is 0 Å². The van der Waals surface area contributed by atoms with Crippen LogP contribution in [-0.4, -0.2) is 11.7 Å². The summed E-state index contributed by atoms with van der Waals surface area (Å²) in [7, 11) is 2.50. The van der Waals surface area contributed by atoms with E-state index in [1.54, 1.807) is 6.92 Å². The highest BCUT2D eigenvalue weighted by molar-refractivity contribution is 7.18. The van der Waals surface area contributed by atoms with Gasteiger partial charge in [0.1, 0.15) is 5.75 Å². The molecule has 3 aromatic rings. The standard InChI is InChI=1S/C30H30NO2P/c1-20(23-13-14-29-24(17-23)9-7-15-33-29)27-19-31(28-12-5-4-11-26(28)21(27)2)18-22-8-6-10-25(16-22)30(3,32)34/h4-6,8,10-14,16-17,19,32H,1-2,7,9,15,18,34H2,3H3. The smallest absolute Gasteiger partial charge is 0.122 e. The molecular formula is C30H30NO2P. The molecule has 0 bridgehead atoms. The largest absolute Gasteiger partial charge is 0.493 e. The Morgan fingerprint density at radius 3 is 2.76 bits per heavy atom. The third-order valence-electron chi connectivity index (χ3n) is 6.60. The maximum absolute atomic E-state index is 10.4. The molecule has 0 saturated carbocycles. The van der Waals surface area contributed by atoms with E-state index in [-0.39, 0.29) is 0 Å². The van der Waals surface area contributed by atoms with Crippen LogP contribution in [0, 0.1) is 0 Å². The van der Waals surface area contributed by atoms with Gasteiger partial charge >= 0.3 is 0 Å². The first kappa shape index (κ1) is 22.7. The topological polar surface area (TPSA) is 32.7 Å². The molecule has 0 spiro atoms. The van der Waals surface area contributed by atoms with Gasteiger partial charge < -0.3 is 14.7 Å². The highest BCUT2D eigenvalue weighted by atomic mass is 31.0. The zero-order valence-corrected chi connectivity index (χ0v) is 20.7. The molecular weight excluding hydrogens is 437 g/mol. The molecule has 2 aliphatic rings. The van der Waals surface area contributed by atoms with Crippen LogP contribution in [0.3, 0.4) is 0 Å². The van der Waals surface area contributed by atoms with Crippen molar-refractivity contribution < 1.29 is 9.84 Å². The number of ether oxygens (including phenoxy) is 1. The molecule has 34 heavy (non-hydrogen) atoms. The number of aryl methyl sites for hydroxylation is 1. The first-order valence-corrected chi connectivity index (χ1v) is 12.2. The second kappa shape index (κ2) is 8.91. The Kier molecular flexibility index (Phi) is 5.93. The third kappa shape index (κ3) is 4.34. The molecule has 5 rings (SSSR count). The van der Waals surface area contributed by atoms with Crippen molar-refractivity contribution in [1.82, 2.24) is 0 Å². The Hall–Kier alpha value is -3.13. The molecule has 4 heteroatoms. The van der Waals surface area contributed by atoms with Crippen molar-refractivity contribution in [3.05, 3.63) is 119 Å². The number of aliphatic hydroxyl groups is 1. The summed E-state index contributed by atoms with van der Waals surface area (Å²) in [4.78, 5) is 2.25. The summed E-state index contributed by atoms with van der Waals surface area (Å²) in [5, 5.41) is 9.48. The molecule has 0 amide bonds. The lowest BCUT2D eigenvalue weighted by Gasteiger charge is -2.32. The predicted molar refractivity (Wildman–Crippen MR) is 145 cm³/mol. The van der Waals surface area contributed by atoms with Gasteiger partial charge in [-0.3, -0.25) is 0 Å². The van der Waals surface area contributed by atoms with Gasteiger partial charge in [0.05, 0.1) is 11.9 Å². The van der Waals surface area contributed by atoms with E-state index in [0.29, 0.717) is 6.54 Å². The summed E-state index contributed by atoms with van der Waals surface area (Å²) >= 11 is 0. The highest BCUT2D eigenvalue weighted by Gasteiger charge is 2.24. The minimum absolute atomic E-state index is 0.674. The fraction of sp³-hybridized carbons (Fsp3) is 0.200. The number of nitrogens with zero attached hydrogens (tertiary/aromatic N) is 1. The van der Waals surface area contributed by atoms with Gasteiger partial charge in [0.2, 0.25) is 0 Å². The summed E-state index contributed by atoms with van der Waals surface area (Å²) in [6.07, 6.45) is 4.23. The van der Waals surface area contributed by atoms with Crippen molar-refractivity contribution in [2.45, 2.75) is 31.7 Å². The van der Waals surface area contributed by atoms with Crippen LogP contribution in [0.25, 0.3) is 11.1 Å². The summed E-state index contributed by atoms with van der Waals surface area (Å²) in [6.45, 7) is 12.2. The zero-order valence-electron chi connectivity index (χ0n) is 19.6. The van der Waals surface area contributed by atoms with Crippen molar-refractivity contribution in [3.8, 4) is 5.75 Å². The Morgan fingerprint density at radius 1 is 1.12 bits per heavy atom. The van der Waals surface area contributed by atoms with E-state index in [0.717, 1.165) is 69.9 Å². The SMILES string of the molecule is C=C(C1=CN(Cc2cccc(C(C)(O)P)c2)c2ccccc2C1=C)c1ccc2c(c1)CCCO2. The molecule has 0 aromatic heterocycles. The number of rotatable bonds is 5. The lowest BCUT2D eigenvalue weighted by Crippen LogP contribution is -2.22. The predicted octanol–water partition coefficient (Wildman–Crippen LogP) is 6.68. The van der Waals surface area contributed by atoms with Gasteiger partial charge in [0, 0.05) is 29.6 Å². The quantitative estimate of drug-likeness (QED) is 0.425. The van der Waals surface area contributed by atoms with E-state index in [4.69, 9.17) is 4.74 Å². The number of hydrogen-bond donors (Lipinski definition) is 1. The Bertz CT molecular complexity index is 1320. The Labute approximate surface area is 204 Å². The minimum atomic E-state index is -0.963. The first-order valence-electron chi connectivity index (χ1n) is 11.6. The van der Waals surface area contributed by atoms with Crippen LogP contribution < -0.4 is 9.64 Å². The number of allylic oxidation sites excluding steroid dienone is 3. The average Bonchev–Trinajstić information content (AvgIpc) is 2.85. The number of para-hydroxylation sites is 1. The average molecular weight is 468 g/mol. The number of hydrogen-bond acceptors (Lipinski definition) is 3. The Balaban J connectivity index is 1.52. The normalized spacial score (nSPS) is 16.6. The monoisotopic (exact) mass is 467 g/mol. The zero-order chi connectivity index (χ0) is 23.9. The lowest BCUT2D eigenvalue weighted by molar-refractivity contribution is 0.158. The molecule has 0 aliphatic carbocycles. The van der Waals surface area contributed by atoms with Crippen LogP contribution in [0.1, 0.15) is 41.2 Å². The molecule has 0 radical (unpaired) electrons. The van der Waals surface area contributed by atoms with Crippen molar-refractivity contribution in [3.63, 3.8) is 0 Å². The molecule has 0 saturated heterocycles. The molecule has 2 heterocycles. The maximum atomic E-state index is 10.4. The van der Waals surface area contributed by atoms with E-state index in [1.807, 2.05) is 12.1 Å². The third-order valence-corrected chi connectivity index (χ3v) is 6.93. The molecule has 0 fully saturated rings. The van der Waals surface area contributed by atoms with E-state index < -0.39 is 5.34 Å². The van der Waals surface area contributed by atoms with Gasteiger partial charge in [-0.15, -0.1) is 0 Å². The van der Waals surface area contributed by atoms with Crippen molar-refractivity contribution in [2.75, 3.05) is 11.5 Å². The molecule has 2 atom stereocenters. The number of anilines is 1. The number of fused-ring (bicyclic) bond motifs is 2. The first-order chi connectivity index (χ1) is 16.3. The van der Waals surface area contributed by atoms with E-state index in [1.165, 1.54) is 5.56 Å². The van der Waals surface area contributed by atoms with Gasteiger partial charge in [-0.25, -0.2) is 0 Å². The molecule has 3 nitrogen and oxygen atoms in total. The van der Waals surface area contributed by atoms with Crippen LogP contribution in [0.15, 0.2) is 91.7 Å². The fourth-order valence-electron chi connectivity index (χ4n) is 4.70. The van der Waals surface area contributed by atoms with Gasteiger partial charge in [-0.2, -0.15) is 0 Å². The second-order valence-electron chi connectivity index (χ2n) is 9.27. The molecule has 1 N–H and O–H groups in total. The summed E-state index contributed by atoms with van der Waals surface area (Å²) in [6, 6.07) is 22.8. The summed E-state index contributed by atoms with van der Waals surface area (Å²) in [5.41, 5.74) is 9.52. The lowest BCUT2D eigenvalue weighted by atomic mass is 9.86. The van der Waals surface area contributed by atoms with Crippen molar-refractivity contribution >= 4 is 26.1 Å². The Morgan fingerprint density at radius 2 is 1.94 bits per heavy atom. The van der Waals surface area contributed by atoms with E-state index in [9.17, 15) is 5.11 Å². The minimum Gasteiger partial charge on any atom is -0.493 e. The van der Waals surface area contributed by atoms with E-state index in [2.05, 4.69) is 88.1 Å². The molecule has 172 valence electrons. The van der Waals surface area contributed by atoms with Crippen LogP contribution in [-0.2, 0) is 18.3 Å². The van der Waals surface area contributed by atoms with Crippen LogP contribution in [0.2, 0.25) is 0 Å². The van der Waals surface area contributed by atoms with Gasteiger partial charge in [-0.1, -0.05) is 70.9 Å². The van der Waals surface area contributed by atoms with Crippen LogP contribution in [0.5, 0.6) is 5.75 Å². The van der Waals surface area contributed by atoms with Crippen molar-refractivity contribution in [1.29, 1.82) is 0 Å². The second-order valence-corrected chi connectivity index (χ2v) is 10.4. The molecule has 2 unspecified atom stereocenters. The van der Waals surface area contributed by atoms with Gasteiger partial charge in [0.15, 0.2) is 0 Å². The summed E-state index contributed by atoms with van der Waals surface area (Å²) in [5.74, 6) is 0.982. The fourth-order valence-corrected chi connectivity index (χ4v) is 4.88. The highest BCUT2D eigenvalue weighted by Crippen LogP contribution is 2.42. The van der Waals surface area contributed by atoms with Crippen LogP contribution >= 0.6 is 9.24 Å². The van der Waals surface area contributed by atoms with Gasteiger partial charge in [0.25, 0.3) is 0 Å². The van der Waals surface area contributed by atoms with E-state index >= 15 is 0 Å². The maximum Gasteiger partial charge on any atom is 0.122 e. The molecule has 3 aromatic carbocycles.